The van der Waals surface area contributed by atoms with Crippen LogP contribution < -0.4 is 0 Å². The number of hydrogen-bond acceptors (Lipinski definition) is 4. The van der Waals surface area contributed by atoms with Gasteiger partial charge in [-0.05, 0) is 51.9 Å². The number of aliphatic carboxylic acids is 2. The minimum Gasteiger partial charge on any atom is -0.481 e. The summed E-state index contributed by atoms with van der Waals surface area (Å²) in [6, 6.07) is 0. The molecule has 6 heteroatoms. The fourth-order valence-electron chi connectivity index (χ4n) is 3.09. The topological polar surface area (TPSA) is 81.1 Å². The normalized spacial score (nSPS) is 23.8. The predicted octanol–water partition coefficient (Wildman–Crippen LogP) is 0.580. The average molecular weight is 284 g/mol. The van der Waals surface area contributed by atoms with Crippen molar-refractivity contribution >= 4 is 11.9 Å². The van der Waals surface area contributed by atoms with E-state index in [1.54, 1.807) is 0 Å². The smallest absolute Gasteiger partial charge is 0.306 e. The number of likely N-dealkylation sites (tertiary alicyclic amines) is 2. The number of piperidine rings is 2. The van der Waals surface area contributed by atoms with Crippen molar-refractivity contribution in [2.75, 3.05) is 39.3 Å². The van der Waals surface area contributed by atoms with E-state index in [0.717, 1.165) is 65.0 Å². The number of carbonyl (C=O) groups is 2. The fraction of sp³-hybridized carbons (Fsp3) is 0.857. The molecule has 2 fully saturated rings. The quantitative estimate of drug-likeness (QED) is 0.768. The molecule has 0 spiro atoms. The van der Waals surface area contributed by atoms with Crippen LogP contribution in [0.1, 0.15) is 25.7 Å². The SMILES string of the molecule is O=C(O)C1CCN(CCN2CCC(C(=O)O)CC2)CC1. The highest BCUT2D eigenvalue weighted by molar-refractivity contribution is 5.70. The molecular weight excluding hydrogens is 260 g/mol. The first kappa shape index (κ1) is 15.3. The van der Waals surface area contributed by atoms with Gasteiger partial charge < -0.3 is 20.0 Å². The van der Waals surface area contributed by atoms with Crippen LogP contribution in [0.2, 0.25) is 0 Å². The molecule has 2 saturated heterocycles. The average Bonchev–Trinajstić information content (AvgIpc) is 2.46. The van der Waals surface area contributed by atoms with Gasteiger partial charge in [-0.3, -0.25) is 9.59 Å². The highest BCUT2D eigenvalue weighted by atomic mass is 16.4. The minimum atomic E-state index is -0.666. The van der Waals surface area contributed by atoms with Gasteiger partial charge in [-0.2, -0.15) is 0 Å². The van der Waals surface area contributed by atoms with Crippen molar-refractivity contribution in [1.29, 1.82) is 0 Å². The lowest BCUT2D eigenvalue weighted by atomic mass is 9.96. The summed E-state index contributed by atoms with van der Waals surface area (Å²) in [5.41, 5.74) is 0. The van der Waals surface area contributed by atoms with Crippen LogP contribution in [-0.4, -0.2) is 71.2 Å². The monoisotopic (exact) mass is 284 g/mol. The molecule has 0 atom stereocenters. The standard InChI is InChI=1S/C14H24N2O4/c17-13(18)11-1-5-15(6-2-11)9-10-16-7-3-12(4-8-16)14(19)20/h11-12H,1-10H2,(H,17,18)(H,19,20). The van der Waals surface area contributed by atoms with Crippen molar-refractivity contribution in [2.45, 2.75) is 25.7 Å². The van der Waals surface area contributed by atoms with Crippen LogP contribution in [0.5, 0.6) is 0 Å². The molecule has 0 aromatic heterocycles. The Hall–Kier alpha value is -1.14. The van der Waals surface area contributed by atoms with Gasteiger partial charge in [0.2, 0.25) is 0 Å². The van der Waals surface area contributed by atoms with Gasteiger partial charge in [0, 0.05) is 13.1 Å². The van der Waals surface area contributed by atoms with Gasteiger partial charge in [-0.15, -0.1) is 0 Å². The van der Waals surface area contributed by atoms with E-state index in [0.29, 0.717) is 0 Å². The molecule has 0 amide bonds. The summed E-state index contributed by atoms with van der Waals surface area (Å²) in [6.07, 6.45) is 2.99. The summed E-state index contributed by atoms with van der Waals surface area (Å²) in [7, 11) is 0. The third-order valence-corrected chi connectivity index (χ3v) is 4.61. The molecule has 2 aliphatic heterocycles. The second kappa shape index (κ2) is 7.04. The number of nitrogens with zero attached hydrogens (tertiary/aromatic N) is 2. The lowest BCUT2D eigenvalue weighted by molar-refractivity contribution is -0.144. The van der Waals surface area contributed by atoms with Gasteiger partial charge in [0.15, 0.2) is 0 Å². The molecule has 2 aliphatic rings. The van der Waals surface area contributed by atoms with E-state index in [1.165, 1.54) is 0 Å². The number of rotatable bonds is 5. The summed E-state index contributed by atoms with van der Waals surface area (Å²) in [5, 5.41) is 17.9. The molecular formula is C14H24N2O4. The second-order valence-corrected chi connectivity index (χ2v) is 5.91. The van der Waals surface area contributed by atoms with Crippen LogP contribution in [-0.2, 0) is 9.59 Å². The molecule has 0 aromatic rings. The van der Waals surface area contributed by atoms with Gasteiger partial charge in [-0.1, -0.05) is 0 Å². The molecule has 2 heterocycles. The van der Waals surface area contributed by atoms with Crippen LogP contribution in [0.3, 0.4) is 0 Å². The van der Waals surface area contributed by atoms with Crippen molar-refractivity contribution in [3.8, 4) is 0 Å². The van der Waals surface area contributed by atoms with Crippen molar-refractivity contribution in [3.63, 3.8) is 0 Å². The number of hydrogen-bond donors (Lipinski definition) is 2. The van der Waals surface area contributed by atoms with Gasteiger partial charge in [0.25, 0.3) is 0 Å². The van der Waals surface area contributed by atoms with Crippen molar-refractivity contribution in [3.05, 3.63) is 0 Å². The maximum absolute atomic E-state index is 10.9. The van der Waals surface area contributed by atoms with E-state index in [-0.39, 0.29) is 11.8 Å². The molecule has 2 N–H and O–H groups in total. The van der Waals surface area contributed by atoms with Gasteiger partial charge in [0.05, 0.1) is 11.8 Å². The maximum Gasteiger partial charge on any atom is 0.306 e. The highest BCUT2D eigenvalue weighted by Gasteiger charge is 2.26. The molecule has 0 aromatic carbocycles. The van der Waals surface area contributed by atoms with E-state index in [1.807, 2.05) is 0 Å². The number of carboxylic acid groups (broad SMARTS) is 2. The summed E-state index contributed by atoms with van der Waals surface area (Å²) in [6.45, 7) is 5.38. The molecule has 6 nitrogen and oxygen atoms in total. The molecule has 20 heavy (non-hydrogen) atoms. The van der Waals surface area contributed by atoms with Crippen LogP contribution in [0.15, 0.2) is 0 Å². The van der Waals surface area contributed by atoms with E-state index in [4.69, 9.17) is 10.2 Å². The van der Waals surface area contributed by atoms with Crippen LogP contribution in [0.4, 0.5) is 0 Å². The predicted molar refractivity (Wildman–Crippen MR) is 73.6 cm³/mol. The highest BCUT2D eigenvalue weighted by Crippen LogP contribution is 2.19. The van der Waals surface area contributed by atoms with Gasteiger partial charge in [0.1, 0.15) is 0 Å². The fourth-order valence-corrected chi connectivity index (χ4v) is 3.09. The Balaban J connectivity index is 1.62. The molecule has 0 saturated carbocycles. The Labute approximate surface area is 119 Å². The summed E-state index contributed by atoms with van der Waals surface area (Å²) >= 11 is 0. The Bertz CT molecular complexity index is 311. The third-order valence-electron chi connectivity index (χ3n) is 4.61. The second-order valence-electron chi connectivity index (χ2n) is 5.91. The first-order valence-electron chi connectivity index (χ1n) is 7.46. The maximum atomic E-state index is 10.9. The summed E-state index contributed by atoms with van der Waals surface area (Å²) in [4.78, 5) is 26.4. The molecule has 2 rings (SSSR count). The molecule has 0 radical (unpaired) electrons. The Kier molecular flexibility index (Phi) is 5.37. The molecule has 0 bridgehead atoms. The van der Waals surface area contributed by atoms with E-state index in [9.17, 15) is 9.59 Å². The molecule has 0 unspecified atom stereocenters. The lowest BCUT2D eigenvalue weighted by Gasteiger charge is -2.34. The zero-order valence-electron chi connectivity index (χ0n) is 11.8. The zero-order chi connectivity index (χ0) is 14.5. The number of carboxylic acids is 2. The summed E-state index contributed by atoms with van der Waals surface area (Å²) in [5.74, 6) is -1.67. The first-order valence-corrected chi connectivity index (χ1v) is 7.46. The molecule has 0 aliphatic carbocycles. The van der Waals surface area contributed by atoms with Gasteiger partial charge in [-0.25, -0.2) is 0 Å². The van der Waals surface area contributed by atoms with Crippen molar-refractivity contribution < 1.29 is 19.8 Å². The lowest BCUT2D eigenvalue weighted by Crippen LogP contribution is -2.43. The van der Waals surface area contributed by atoms with Crippen molar-refractivity contribution in [2.24, 2.45) is 11.8 Å². The van der Waals surface area contributed by atoms with Gasteiger partial charge >= 0.3 is 11.9 Å². The first-order chi connectivity index (χ1) is 9.56. The Morgan fingerprint density at radius 3 is 1.30 bits per heavy atom. The zero-order valence-corrected chi connectivity index (χ0v) is 11.8. The molecule has 114 valence electrons. The summed E-state index contributed by atoms with van der Waals surface area (Å²) < 4.78 is 0. The van der Waals surface area contributed by atoms with E-state index >= 15 is 0 Å². The van der Waals surface area contributed by atoms with E-state index in [2.05, 4.69) is 9.80 Å². The van der Waals surface area contributed by atoms with Crippen LogP contribution >= 0.6 is 0 Å². The van der Waals surface area contributed by atoms with Crippen LogP contribution in [0.25, 0.3) is 0 Å². The minimum absolute atomic E-state index is 0.169. The third kappa shape index (κ3) is 4.18. The largest absolute Gasteiger partial charge is 0.481 e. The Morgan fingerprint density at radius 2 is 1.05 bits per heavy atom. The Morgan fingerprint density at radius 1 is 0.750 bits per heavy atom. The van der Waals surface area contributed by atoms with Crippen molar-refractivity contribution in [1.82, 2.24) is 9.80 Å². The van der Waals surface area contributed by atoms with E-state index < -0.39 is 11.9 Å². The van der Waals surface area contributed by atoms with Crippen LogP contribution in [0, 0.1) is 11.8 Å².